The van der Waals surface area contributed by atoms with E-state index in [0.29, 0.717) is 10.7 Å². The van der Waals surface area contributed by atoms with Crippen molar-refractivity contribution in [2.45, 2.75) is 32.7 Å². The maximum Gasteiger partial charge on any atom is 0.271 e. The number of carbonyl (C=O) groups is 1. The maximum absolute atomic E-state index is 12.4. The molecule has 1 amide bonds. The van der Waals surface area contributed by atoms with Crippen LogP contribution in [-0.4, -0.2) is 15.7 Å². The SMILES string of the molecule is CCCc1nn(C)c(C(=O)N[C@@H](C)c2ccccc2)c1Cl. The Labute approximate surface area is 130 Å². The first-order valence-electron chi connectivity index (χ1n) is 7.11. The van der Waals surface area contributed by atoms with E-state index in [0.717, 1.165) is 24.1 Å². The molecule has 5 heteroatoms. The number of nitrogens with one attached hydrogen (secondary N) is 1. The van der Waals surface area contributed by atoms with Crippen molar-refractivity contribution in [3.8, 4) is 0 Å². The van der Waals surface area contributed by atoms with Crippen LogP contribution in [0.25, 0.3) is 0 Å². The number of rotatable bonds is 5. The molecule has 2 rings (SSSR count). The van der Waals surface area contributed by atoms with Crippen molar-refractivity contribution in [1.82, 2.24) is 15.1 Å². The average molecular weight is 306 g/mol. The zero-order valence-electron chi connectivity index (χ0n) is 12.6. The van der Waals surface area contributed by atoms with Gasteiger partial charge in [-0.15, -0.1) is 0 Å². The van der Waals surface area contributed by atoms with E-state index < -0.39 is 0 Å². The lowest BCUT2D eigenvalue weighted by Gasteiger charge is -2.14. The third kappa shape index (κ3) is 3.45. The highest BCUT2D eigenvalue weighted by atomic mass is 35.5. The minimum atomic E-state index is -0.200. The number of benzene rings is 1. The van der Waals surface area contributed by atoms with Gasteiger partial charge in [0.2, 0.25) is 0 Å². The van der Waals surface area contributed by atoms with Gasteiger partial charge in [0.25, 0.3) is 5.91 Å². The Hall–Kier alpha value is -1.81. The Morgan fingerprint density at radius 1 is 1.38 bits per heavy atom. The van der Waals surface area contributed by atoms with E-state index in [1.807, 2.05) is 37.3 Å². The van der Waals surface area contributed by atoms with E-state index in [-0.39, 0.29) is 11.9 Å². The van der Waals surface area contributed by atoms with Crippen molar-refractivity contribution in [3.05, 3.63) is 52.3 Å². The summed E-state index contributed by atoms with van der Waals surface area (Å²) in [7, 11) is 1.74. The molecule has 0 aliphatic carbocycles. The van der Waals surface area contributed by atoms with E-state index in [1.165, 1.54) is 0 Å². The zero-order valence-corrected chi connectivity index (χ0v) is 13.3. The predicted molar refractivity (Wildman–Crippen MR) is 84.5 cm³/mol. The largest absolute Gasteiger partial charge is 0.344 e. The summed E-state index contributed by atoms with van der Waals surface area (Å²) in [6.45, 7) is 4.01. The van der Waals surface area contributed by atoms with Crippen LogP contribution in [0.15, 0.2) is 30.3 Å². The molecule has 0 unspecified atom stereocenters. The molecule has 1 aromatic carbocycles. The maximum atomic E-state index is 12.4. The minimum Gasteiger partial charge on any atom is -0.344 e. The van der Waals surface area contributed by atoms with E-state index in [4.69, 9.17) is 11.6 Å². The Morgan fingerprint density at radius 2 is 2.05 bits per heavy atom. The molecule has 0 spiro atoms. The van der Waals surface area contributed by atoms with Crippen LogP contribution < -0.4 is 5.32 Å². The highest BCUT2D eigenvalue weighted by Gasteiger charge is 2.21. The van der Waals surface area contributed by atoms with Crippen molar-refractivity contribution in [1.29, 1.82) is 0 Å². The van der Waals surface area contributed by atoms with Crippen molar-refractivity contribution in [3.63, 3.8) is 0 Å². The van der Waals surface area contributed by atoms with Crippen molar-refractivity contribution in [2.24, 2.45) is 7.05 Å². The third-order valence-electron chi connectivity index (χ3n) is 3.40. The lowest BCUT2D eigenvalue weighted by Crippen LogP contribution is -2.28. The fourth-order valence-electron chi connectivity index (χ4n) is 2.29. The van der Waals surface area contributed by atoms with Gasteiger partial charge in [-0.1, -0.05) is 55.3 Å². The molecule has 0 saturated heterocycles. The van der Waals surface area contributed by atoms with Crippen LogP contribution in [0.3, 0.4) is 0 Å². The normalized spacial score (nSPS) is 12.2. The van der Waals surface area contributed by atoms with E-state index >= 15 is 0 Å². The molecule has 0 fully saturated rings. The molecule has 1 aromatic heterocycles. The molecule has 1 heterocycles. The smallest absolute Gasteiger partial charge is 0.271 e. The van der Waals surface area contributed by atoms with Crippen molar-refractivity contribution >= 4 is 17.5 Å². The Balaban J connectivity index is 2.17. The van der Waals surface area contributed by atoms with Gasteiger partial charge in [0.1, 0.15) is 5.69 Å². The summed E-state index contributed by atoms with van der Waals surface area (Å²) in [4.78, 5) is 12.4. The van der Waals surface area contributed by atoms with Gasteiger partial charge in [0.15, 0.2) is 0 Å². The molecule has 0 saturated carbocycles. The van der Waals surface area contributed by atoms with Gasteiger partial charge in [-0.3, -0.25) is 9.48 Å². The number of hydrogen-bond acceptors (Lipinski definition) is 2. The van der Waals surface area contributed by atoms with Crippen molar-refractivity contribution in [2.75, 3.05) is 0 Å². The van der Waals surface area contributed by atoms with Crippen molar-refractivity contribution < 1.29 is 4.79 Å². The van der Waals surface area contributed by atoms with Crippen LogP contribution >= 0.6 is 11.6 Å². The van der Waals surface area contributed by atoms with Crippen LogP contribution in [0, 0.1) is 0 Å². The van der Waals surface area contributed by atoms with E-state index in [1.54, 1.807) is 11.7 Å². The van der Waals surface area contributed by atoms with Gasteiger partial charge in [0, 0.05) is 7.05 Å². The number of halogens is 1. The number of aryl methyl sites for hydroxylation is 2. The fraction of sp³-hybridized carbons (Fsp3) is 0.375. The minimum absolute atomic E-state index is 0.0840. The second kappa shape index (κ2) is 6.76. The topological polar surface area (TPSA) is 46.9 Å². The van der Waals surface area contributed by atoms with Gasteiger partial charge < -0.3 is 5.32 Å². The van der Waals surface area contributed by atoms with Gasteiger partial charge in [-0.2, -0.15) is 5.10 Å². The van der Waals surface area contributed by atoms with Crippen LogP contribution in [0.5, 0.6) is 0 Å². The Bertz CT molecular complexity index is 622. The summed E-state index contributed by atoms with van der Waals surface area (Å²) < 4.78 is 1.56. The molecule has 0 radical (unpaired) electrons. The molecule has 0 aliphatic rings. The predicted octanol–water partition coefficient (Wildman–Crippen LogP) is 3.52. The molecular weight excluding hydrogens is 286 g/mol. The average Bonchev–Trinajstić information content (AvgIpc) is 2.75. The van der Waals surface area contributed by atoms with Crippen LogP contribution in [-0.2, 0) is 13.5 Å². The number of carbonyl (C=O) groups excluding carboxylic acids is 1. The summed E-state index contributed by atoms with van der Waals surface area (Å²) in [5.74, 6) is -0.200. The van der Waals surface area contributed by atoms with E-state index in [2.05, 4.69) is 17.3 Å². The summed E-state index contributed by atoms with van der Waals surface area (Å²) in [5, 5.41) is 7.75. The number of nitrogens with zero attached hydrogens (tertiary/aromatic N) is 2. The summed E-state index contributed by atoms with van der Waals surface area (Å²) in [6.07, 6.45) is 1.71. The molecule has 1 atom stereocenters. The lowest BCUT2D eigenvalue weighted by molar-refractivity contribution is 0.0930. The molecule has 112 valence electrons. The Kier molecular flexibility index (Phi) is 5.02. The number of aromatic nitrogens is 2. The lowest BCUT2D eigenvalue weighted by atomic mass is 10.1. The first-order valence-corrected chi connectivity index (χ1v) is 7.49. The molecule has 2 aromatic rings. The summed E-state index contributed by atoms with van der Waals surface area (Å²) in [6, 6.07) is 9.74. The number of amides is 1. The summed E-state index contributed by atoms with van der Waals surface area (Å²) >= 11 is 6.29. The molecule has 21 heavy (non-hydrogen) atoms. The first-order chi connectivity index (χ1) is 10.0. The first kappa shape index (κ1) is 15.6. The standard InChI is InChI=1S/C16H20ClN3O/c1-4-8-13-14(17)15(20(3)19-13)16(21)18-11(2)12-9-6-5-7-10-12/h5-7,9-11H,4,8H2,1-3H3,(H,18,21)/t11-/m0/s1. The quantitative estimate of drug-likeness (QED) is 0.918. The van der Waals surface area contributed by atoms with Crippen LogP contribution in [0.4, 0.5) is 0 Å². The van der Waals surface area contributed by atoms with Gasteiger partial charge in [-0.05, 0) is 18.9 Å². The summed E-state index contributed by atoms with van der Waals surface area (Å²) in [5.41, 5.74) is 2.25. The van der Waals surface area contributed by atoms with E-state index in [9.17, 15) is 4.79 Å². The van der Waals surface area contributed by atoms with Gasteiger partial charge in [-0.25, -0.2) is 0 Å². The highest BCUT2D eigenvalue weighted by Crippen LogP contribution is 2.22. The Morgan fingerprint density at radius 3 is 2.67 bits per heavy atom. The third-order valence-corrected chi connectivity index (χ3v) is 3.80. The molecule has 1 N–H and O–H groups in total. The fourth-order valence-corrected chi connectivity index (χ4v) is 2.63. The molecular formula is C16H20ClN3O. The second-order valence-electron chi connectivity index (χ2n) is 5.09. The van der Waals surface area contributed by atoms with Gasteiger partial charge in [0.05, 0.1) is 16.8 Å². The monoisotopic (exact) mass is 305 g/mol. The number of hydrogen-bond donors (Lipinski definition) is 1. The zero-order chi connectivity index (χ0) is 15.4. The molecule has 0 bridgehead atoms. The second-order valence-corrected chi connectivity index (χ2v) is 5.47. The van der Waals surface area contributed by atoms with Gasteiger partial charge >= 0.3 is 0 Å². The highest BCUT2D eigenvalue weighted by molar-refractivity contribution is 6.34. The van der Waals surface area contributed by atoms with Crippen LogP contribution in [0.1, 0.15) is 48.1 Å². The molecule has 0 aliphatic heterocycles. The van der Waals surface area contributed by atoms with Crippen LogP contribution in [0.2, 0.25) is 5.02 Å². The molecule has 4 nitrogen and oxygen atoms in total.